The number of rotatable bonds is 9. The summed E-state index contributed by atoms with van der Waals surface area (Å²) in [5.74, 6) is 5.40. The predicted octanol–water partition coefficient (Wildman–Crippen LogP) is 15.6. The van der Waals surface area contributed by atoms with Gasteiger partial charge in [0.2, 0.25) is 0 Å². The molecule has 2 aliphatic rings. The number of allylic oxidation sites excluding steroid dienone is 5. The molecule has 0 aromatic rings. The van der Waals surface area contributed by atoms with Crippen LogP contribution in [-0.2, 0) is 0 Å². The zero-order chi connectivity index (χ0) is 35.4. The Morgan fingerprint density at radius 3 is 1.45 bits per heavy atom. The maximum Gasteiger partial charge on any atom is 0.00363 e. The summed E-state index contributed by atoms with van der Waals surface area (Å²) in [5.41, 5.74) is 2.70. The van der Waals surface area contributed by atoms with Crippen LogP contribution in [0.2, 0.25) is 0 Å². The maximum absolute atomic E-state index is 4.60. The molecule has 0 bridgehead atoms. The quantitative estimate of drug-likeness (QED) is 0.154. The lowest BCUT2D eigenvalue weighted by molar-refractivity contribution is 0.307. The van der Waals surface area contributed by atoms with Crippen molar-refractivity contribution in [3.05, 3.63) is 48.4 Å². The van der Waals surface area contributed by atoms with Gasteiger partial charge in [-0.3, -0.25) is 0 Å². The zero-order valence-corrected chi connectivity index (χ0v) is 33.5. The van der Waals surface area contributed by atoms with Crippen molar-refractivity contribution in [1.29, 1.82) is 0 Å². The number of hydrogen-bond acceptors (Lipinski definition) is 1. The van der Waals surface area contributed by atoms with Crippen molar-refractivity contribution in [3.63, 3.8) is 0 Å². The minimum atomic E-state index is 1.02. The fourth-order valence-electron chi connectivity index (χ4n) is 3.89. The van der Waals surface area contributed by atoms with Gasteiger partial charge in [-0.15, -0.1) is 12.3 Å². The second kappa shape index (κ2) is 53.8. The van der Waals surface area contributed by atoms with Crippen LogP contribution in [0.1, 0.15) is 200 Å². The molecule has 0 aromatic carbocycles. The number of unbranched alkanes of at least 4 members (excludes halogenated alkanes) is 1. The lowest BCUT2D eigenvalue weighted by Crippen LogP contribution is -2.08. The van der Waals surface area contributed by atoms with Crippen LogP contribution in [0.15, 0.2) is 48.4 Å². The van der Waals surface area contributed by atoms with E-state index in [1.807, 2.05) is 20.0 Å². The van der Waals surface area contributed by atoms with Crippen LogP contribution in [0.3, 0.4) is 0 Å². The number of nitrogens with one attached hydrogen (secondary N) is 1. The van der Waals surface area contributed by atoms with E-state index in [1.165, 1.54) is 94.6 Å². The minimum Gasteiger partial charge on any atom is -0.368 e. The monoisotopic (exact) mass is 618 g/mol. The standard InChI is InChI=1S/C11H19N.C8H16.C7H14.C6H12.2C3H8.C3H4.C2H6/c1-5-8-11(6-2)10(4)9-12-7-3;1-7-3-5-8(2)6-4-7;1-3-5-7-6-4-2;1-2-6-4-3-5-6;3*1-3-2;1-2/h7-9,12H,3,5-6H2,1-2,4H3;7-8H,3-6H2,1-2H3;5,7H,3-4,6H2,1-2H3;6H,2-5H2,1H3;2*3H2,1-2H3;1H,2H3;1-2H3/b10-9+,11-8?;;7-5-;;;;;. The van der Waals surface area contributed by atoms with Crippen LogP contribution in [0, 0.1) is 30.1 Å². The van der Waals surface area contributed by atoms with Crippen LogP contribution in [0.4, 0.5) is 0 Å². The molecule has 1 nitrogen and oxygen atoms in total. The SMILES string of the molecule is C#CC.C=CN/C=C(\C)C(=CCC)CC.CC.CC/C=C\CCC.CC1CCC(C)CC1.CCC.CCC.CCC1CCC1. The van der Waals surface area contributed by atoms with Gasteiger partial charge in [0.25, 0.3) is 0 Å². The Balaban J connectivity index is -0.000000100. The van der Waals surface area contributed by atoms with Crippen molar-refractivity contribution >= 4 is 0 Å². The predicted molar refractivity (Wildman–Crippen MR) is 212 cm³/mol. The molecule has 0 saturated heterocycles. The molecule has 2 saturated carbocycles. The maximum atomic E-state index is 4.60. The summed E-state index contributed by atoms with van der Waals surface area (Å²) in [6.45, 7) is 35.6. The third-order valence-corrected chi connectivity index (χ3v) is 6.72. The van der Waals surface area contributed by atoms with E-state index in [2.05, 4.69) is 126 Å². The lowest BCUT2D eigenvalue weighted by atomic mass is 9.84. The van der Waals surface area contributed by atoms with E-state index in [4.69, 9.17) is 0 Å². The average molecular weight is 618 g/mol. The lowest BCUT2D eigenvalue weighted by Gasteiger charge is -2.22. The fraction of sp³-hybridized carbons (Fsp3) is 0.767. The first kappa shape index (κ1) is 54.8. The van der Waals surface area contributed by atoms with E-state index >= 15 is 0 Å². The van der Waals surface area contributed by atoms with Crippen LogP contribution in [0.25, 0.3) is 0 Å². The molecule has 1 heteroatoms. The largest absolute Gasteiger partial charge is 0.368 e. The Morgan fingerprint density at radius 1 is 0.795 bits per heavy atom. The fourth-order valence-corrected chi connectivity index (χ4v) is 3.89. The molecular formula is C43H87N. The summed E-state index contributed by atoms with van der Waals surface area (Å²) in [7, 11) is 0. The Labute approximate surface area is 283 Å². The van der Waals surface area contributed by atoms with E-state index in [9.17, 15) is 0 Å². The van der Waals surface area contributed by atoms with E-state index in [0.29, 0.717) is 0 Å². The molecule has 0 aliphatic heterocycles. The first-order valence-electron chi connectivity index (χ1n) is 18.9. The molecule has 0 radical (unpaired) electrons. The van der Waals surface area contributed by atoms with Crippen molar-refractivity contribution in [2.75, 3.05) is 0 Å². The van der Waals surface area contributed by atoms with Crippen molar-refractivity contribution in [2.45, 2.75) is 200 Å². The summed E-state index contributed by atoms with van der Waals surface area (Å²) in [6, 6.07) is 0. The highest BCUT2D eigenvalue weighted by atomic mass is 14.8. The van der Waals surface area contributed by atoms with Gasteiger partial charge < -0.3 is 5.32 Å². The Hall–Kier alpha value is -1.68. The molecule has 0 unspecified atom stereocenters. The van der Waals surface area contributed by atoms with Crippen molar-refractivity contribution < 1.29 is 0 Å². The van der Waals surface area contributed by atoms with E-state index in [-0.39, 0.29) is 0 Å². The Morgan fingerprint density at radius 2 is 1.23 bits per heavy atom. The van der Waals surface area contributed by atoms with Gasteiger partial charge in [-0.25, -0.2) is 0 Å². The molecule has 2 fully saturated rings. The summed E-state index contributed by atoms with van der Waals surface area (Å²) in [5, 5.41) is 2.98. The molecule has 0 spiro atoms. The first-order chi connectivity index (χ1) is 21.1. The van der Waals surface area contributed by atoms with E-state index < -0.39 is 0 Å². The van der Waals surface area contributed by atoms with Gasteiger partial charge in [0.1, 0.15) is 0 Å². The zero-order valence-electron chi connectivity index (χ0n) is 33.5. The molecule has 2 rings (SSSR count). The van der Waals surface area contributed by atoms with Crippen LogP contribution < -0.4 is 5.32 Å². The molecule has 264 valence electrons. The van der Waals surface area contributed by atoms with Crippen molar-refractivity contribution in [3.8, 4) is 12.3 Å². The second-order valence-electron chi connectivity index (χ2n) is 11.6. The molecule has 44 heavy (non-hydrogen) atoms. The molecular weight excluding hydrogens is 530 g/mol. The van der Waals surface area contributed by atoms with Gasteiger partial charge in [0, 0.05) is 6.20 Å². The van der Waals surface area contributed by atoms with Gasteiger partial charge >= 0.3 is 0 Å². The summed E-state index contributed by atoms with van der Waals surface area (Å²) in [4.78, 5) is 0. The summed E-state index contributed by atoms with van der Waals surface area (Å²) < 4.78 is 0. The first-order valence-corrected chi connectivity index (χ1v) is 18.9. The van der Waals surface area contributed by atoms with Gasteiger partial charge in [-0.2, -0.15) is 0 Å². The normalized spacial score (nSPS) is 16.8. The molecule has 0 atom stereocenters. The highest BCUT2D eigenvalue weighted by molar-refractivity contribution is 5.28. The van der Waals surface area contributed by atoms with Crippen molar-refractivity contribution in [2.24, 2.45) is 17.8 Å². The molecule has 2 aliphatic carbocycles. The average Bonchev–Trinajstić information content (AvgIpc) is 2.99. The van der Waals surface area contributed by atoms with E-state index in [0.717, 1.165) is 30.6 Å². The van der Waals surface area contributed by atoms with Crippen LogP contribution in [-0.4, -0.2) is 0 Å². The second-order valence-corrected chi connectivity index (χ2v) is 11.6. The van der Waals surface area contributed by atoms with Gasteiger partial charge in [0.15, 0.2) is 0 Å². The number of hydrogen-bond donors (Lipinski definition) is 1. The topological polar surface area (TPSA) is 12.0 Å². The summed E-state index contributed by atoms with van der Waals surface area (Å²) in [6.07, 6.45) is 35.2. The van der Waals surface area contributed by atoms with Gasteiger partial charge in [-0.1, -0.05) is 185 Å². The smallest absolute Gasteiger partial charge is 0.00363 e. The Bertz CT molecular complexity index is 589. The van der Waals surface area contributed by atoms with Crippen LogP contribution >= 0.6 is 0 Å². The molecule has 0 aromatic heterocycles. The van der Waals surface area contributed by atoms with E-state index in [1.54, 1.807) is 13.1 Å². The third kappa shape index (κ3) is 56.1. The molecule has 1 N–H and O–H groups in total. The molecule has 0 amide bonds. The number of terminal acetylenes is 1. The third-order valence-electron chi connectivity index (χ3n) is 6.72. The highest BCUT2D eigenvalue weighted by Gasteiger charge is 2.13. The van der Waals surface area contributed by atoms with Crippen molar-refractivity contribution in [1.82, 2.24) is 5.32 Å². The van der Waals surface area contributed by atoms with Crippen LogP contribution in [0.5, 0.6) is 0 Å². The van der Waals surface area contributed by atoms with Gasteiger partial charge in [-0.05, 0) is 74.6 Å². The van der Waals surface area contributed by atoms with Gasteiger partial charge in [0.05, 0.1) is 0 Å². The highest BCUT2D eigenvalue weighted by Crippen LogP contribution is 2.28. The summed E-state index contributed by atoms with van der Waals surface area (Å²) >= 11 is 0. The Kier molecular flexibility index (Phi) is 67.0. The molecule has 0 heterocycles. The minimum absolute atomic E-state index is 1.02.